The zero-order valence-electron chi connectivity index (χ0n) is 20.0. The van der Waals surface area contributed by atoms with Crippen LogP contribution in [0, 0.1) is 0 Å². The van der Waals surface area contributed by atoms with Crippen molar-refractivity contribution in [1.82, 2.24) is 0 Å². The predicted octanol–water partition coefficient (Wildman–Crippen LogP) is 5.43. The van der Waals surface area contributed by atoms with Crippen molar-refractivity contribution in [3.8, 4) is 11.5 Å². The van der Waals surface area contributed by atoms with Crippen LogP contribution in [-0.2, 0) is 10.2 Å². The molecule has 1 atom stereocenters. The summed E-state index contributed by atoms with van der Waals surface area (Å²) >= 11 is 0. The number of hydrogen-bond acceptors (Lipinski definition) is 4. The molecular formula is C28H30N2O4. The van der Waals surface area contributed by atoms with Gasteiger partial charge in [0.25, 0.3) is 11.8 Å². The highest BCUT2D eigenvalue weighted by molar-refractivity contribution is 6.05. The van der Waals surface area contributed by atoms with Gasteiger partial charge < -0.3 is 19.7 Å². The summed E-state index contributed by atoms with van der Waals surface area (Å²) in [6, 6.07) is 22.4. The van der Waals surface area contributed by atoms with Gasteiger partial charge in [-0.2, -0.15) is 0 Å². The quantitative estimate of drug-likeness (QED) is 0.535. The second-order valence-corrected chi connectivity index (χ2v) is 9.38. The van der Waals surface area contributed by atoms with Crippen LogP contribution in [0.15, 0.2) is 72.8 Å². The molecular weight excluding hydrogens is 428 g/mol. The number of amides is 2. The standard InChI is InChI=1S/C28H30N2O4/c1-19-27(32)30(16-17-33-23-8-6-5-7-9-23)24-15-14-22(18-25(24)34-19)29-26(31)20-10-12-21(13-11-20)28(2,3)4/h5-15,18-19H,16-17H2,1-4H3,(H,29,31). The first kappa shape index (κ1) is 23.4. The van der Waals surface area contributed by atoms with Crippen molar-refractivity contribution in [2.45, 2.75) is 39.2 Å². The molecule has 3 aromatic rings. The van der Waals surface area contributed by atoms with Crippen molar-refractivity contribution in [1.29, 1.82) is 0 Å². The molecule has 0 aromatic heterocycles. The second kappa shape index (κ2) is 9.59. The van der Waals surface area contributed by atoms with Crippen LogP contribution in [0.25, 0.3) is 0 Å². The summed E-state index contributed by atoms with van der Waals surface area (Å²) in [5.74, 6) is 0.978. The van der Waals surface area contributed by atoms with Gasteiger partial charge in [0, 0.05) is 17.3 Å². The van der Waals surface area contributed by atoms with Crippen LogP contribution in [0.3, 0.4) is 0 Å². The van der Waals surface area contributed by atoms with Gasteiger partial charge in [0.15, 0.2) is 6.10 Å². The summed E-state index contributed by atoms with van der Waals surface area (Å²) in [6.07, 6.45) is -0.625. The first-order chi connectivity index (χ1) is 16.2. The van der Waals surface area contributed by atoms with Gasteiger partial charge in [-0.15, -0.1) is 0 Å². The number of nitrogens with zero attached hydrogens (tertiary/aromatic N) is 1. The first-order valence-electron chi connectivity index (χ1n) is 11.4. The molecule has 0 aliphatic carbocycles. The largest absolute Gasteiger partial charge is 0.492 e. The summed E-state index contributed by atoms with van der Waals surface area (Å²) in [4.78, 5) is 27.2. The maximum Gasteiger partial charge on any atom is 0.267 e. The van der Waals surface area contributed by atoms with Crippen molar-refractivity contribution in [2.24, 2.45) is 0 Å². The average molecular weight is 459 g/mol. The van der Waals surface area contributed by atoms with Gasteiger partial charge in [-0.1, -0.05) is 51.1 Å². The van der Waals surface area contributed by atoms with Gasteiger partial charge in [0.2, 0.25) is 0 Å². The van der Waals surface area contributed by atoms with E-state index in [-0.39, 0.29) is 17.2 Å². The van der Waals surface area contributed by atoms with Crippen LogP contribution in [0.2, 0.25) is 0 Å². The predicted molar refractivity (Wildman–Crippen MR) is 134 cm³/mol. The molecule has 1 unspecified atom stereocenters. The van der Waals surface area contributed by atoms with Crippen LogP contribution >= 0.6 is 0 Å². The number of fused-ring (bicyclic) bond motifs is 1. The van der Waals surface area contributed by atoms with E-state index in [4.69, 9.17) is 9.47 Å². The molecule has 1 aliphatic rings. The van der Waals surface area contributed by atoms with Crippen LogP contribution in [-0.4, -0.2) is 31.1 Å². The fraction of sp³-hybridized carbons (Fsp3) is 0.286. The lowest BCUT2D eigenvalue weighted by atomic mass is 9.87. The molecule has 0 radical (unpaired) electrons. The van der Waals surface area contributed by atoms with E-state index in [9.17, 15) is 9.59 Å². The molecule has 1 N–H and O–H groups in total. The number of anilines is 2. The molecule has 1 aliphatic heterocycles. The Hall–Kier alpha value is -3.80. The number of para-hydroxylation sites is 1. The van der Waals surface area contributed by atoms with E-state index in [0.29, 0.717) is 35.8 Å². The lowest BCUT2D eigenvalue weighted by Gasteiger charge is -2.33. The van der Waals surface area contributed by atoms with Gasteiger partial charge in [0.1, 0.15) is 18.1 Å². The maximum absolute atomic E-state index is 12.8. The number of rotatable bonds is 6. The highest BCUT2D eigenvalue weighted by Crippen LogP contribution is 2.36. The Morgan fingerprint density at radius 3 is 2.41 bits per heavy atom. The van der Waals surface area contributed by atoms with E-state index in [0.717, 1.165) is 5.75 Å². The minimum absolute atomic E-state index is 0.0248. The number of carbonyl (C=O) groups is 2. The van der Waals surface area contributed by atoms with E-state index in [1.807, 2.05) is 54.6 Å². The van der Waals surface area contributed by atoms with Gasteiger partial charge >= 0.3 is 0 Å². The van der Waals surface area contributed by atoms with Crippen molar-refractivity contribution >= 4 is 23.2 Å². The molecule has 34 heavy (non-hydrogen) atoms. The maximum atomic E-state index is 12.8. The summed E-state index contributed by atoms with van der Waals surface area (Å²) in [6.45, 7) is 8.87. The second-order valence-electron chi connectivity index (χ2n) is 9.38. The minimum Gasteiger partial charge on any atom is -0.492 e. The number of benzene rings is 3. The first-order valence-corrected chi connectivity index (χ1v) is 11.4. The SMILES string of the molecule is CC1Oc2cc(NC(=O)c3ccc(C(C)(C)C)cc3)ccc2N(CCOc2ccccc2)C1=O. The molecule has 0 fully saturated rings. The van der Waals surface area contributed by atoms with Gasteiger partial charge in [-0.3, -0.25) is 9.59 Å². The average Bonchev–Trinajstić information content (AvgIpc) is 2.81. The van der Waals surface area contributed by atoms with Crippen LogP contribution in [0.5, 0.6) is 11.5 Å². The lowest BCUT2D eigenvalue weighted by molar-refractivity contribution is -0.125. The molecule has 3 aromatic carbocycles. The fourth-order valence-corrected chi connectivity index (χ4v) is 3.82. The fourth-order valence-electron chi connectivity index (χ4n) is 3.82. The van der Waals surface area contributed by atoms with Crippen molar-refractivity contribution in [3.63, 3.8) is 0 Å². The minimum atomic E-state index is -0.625. The molecule has 0 bridgehead atoms. The number of nitrogens with one attached hydrogen (secondary N) is 1. The van der Waals surface area contributed by atoms with Gasteiger partial charge in [-0.05, 0) is 54.3 Å². The molecule has 0 saturated heterocycles. The molecule has 6 nitrogen and oxygen atoms in total. The monoisotopic (exact) mass is 458 g/mol. The van der Waals surface area contributed by atoms with Crippen molar-refractivity contribution in [2.75, 3.05) is 23.4 Å². The Balaban J connectivity index is 1.46. The van der Waals surface area contributed by atoms with Crippen LogP contribution in [0.4, 0.5) is 11.4 Å². The van der Waals surface area contributed by atoms with Crippen molar-refractivity contribution < 1.29 is 19.1 Å². The normalized spacial score (nSPS) is 15.4. The van der Waals surface area contributed by atoms with Crippen LogP contribution < -0.4 is 19.7 Å². The van der Waals surface area contributed by atoms with Gasteiger partial charge in [-0.25, -0.2) is 0 Å². The zero-order chi connectivity index (χ0) is 24.3. The topological polar surface area (TPSA) is 67.9 Å². The third kappa shape index (κ3) is 5.22. The molecule has 4 rings (SSSR count). The Bertz CT molecular complexity index is 1170. The number of ether oxygens (including phenoxy) is 2. The van der Waals surface area contributed by atoms with E-state index in [1.54, 1.807) is 30.0 Å². The Kier molecular flexibility index (Phi) is 6.59. The zero-order valence-corrected chi connectivity index (χ0v) is 20.0. The smallest absolute Gasteiger partial charge is 0.267 e. The summed E-state index contributed by atoms with van der Waals surface area (Å²) in [7, 11) is 0. The molecule has 1 heterocycles. The highest BCUT2D eigenvalue weighted by Gasteiger charge is 2.31. The number of carbonyl (C=O) groups excluding carboxylic acids is 2. The molecule has 0 saturated carbocycles. The molecule has 176 valence electrons. The Morgan fingerprint density at radius 1 is 1.03 bits per heavy atom. The lowest BCUT2D eigenvalue weighted by Crippen LogP contribution is -2.46. The molecule has 0 spiro atoms. The van der Waals surface area contributed by atoms with E-state index in [2.05, 4.69) is 26.1 Å². The summed E-state index contributed by atoms with van der Waals surface area (Å²) < 4.78 is 11.6. The summed E-state index contributed by atoms with van der Waals surface area (Å²) in [5, 5.41) is 2.93. The molecule has 2 amide bonds. The van der Waals surface area contributed by atoms with E-state index >= 15 is 0 Å². The van der Waals surface area contributed by atoms with E-state index < -0.39 is 6.10 Å². The van der Waals surface area contributed by atoms with E-state index in [1.165, 1.54) is 5.56 Å². The van der Waals surface area contributed by atoms with Crippen LogP contribution in [0.1, 0.15) is 43.6 Å². The third-order valence-electron chi connectivity index (χ3n) is 5.77. The summed E-state index contributed by atoms with van der Waals surface area (Å²) in [5.41, 5.74) is 3.03. The molecule has 6 heteroatoms. The Labute approximate surface area is 200 Å². The Morgan fingerprint density at radius 2 is 1.74 bits per heavy atom. The number of hydrogen-bond donors (Lipinski definition) is 1. The highest BCUT2D eigenvalue weighted by atomic mass is 16.5. The van der Waals surface area contributed by atoms with Gasteiger partial charge in [0.05, 0.1) is 12.2 Å². The van der Waals surface area contributed by atoms with Crippen molar-refractivity contribution in [3.05, 3.63) is 83.9 Å². The third-order valence-corrected chi connectivity index (χ3v) is 5.77.